The van der Waals surface area contributed by atoms with Crippen molar-refractivity contribution in [3.8, 4) is 5.75 Å². The van der Waals surface area contributed by atoms with Crippen LogP contribution in [0.2, 0.25) is 0 Å². The molecule has 0 spiro atoms. The Labute approximate surface area is 165 Å². The molecular formula is C20H29N3O5. The lowest BCUT2D eigenvalue weighted by atomic mass is 9.94. The summed E-state index contributed by atoms with van der Waals surface area (Å²) < 4.78 is 10.2. The number of carbonyl (C=O) groups is 3. The van der Waals surface area contributed by atoms with Gasteiger partial charge in [-0.3, -0.25) is 9.59 Å². The first-order valence-corrected chi connectivity index (χ1v) is 9.46. The summed E-state index contributed by atoms with van der Waals surface area (Å²) in [6, 6.07) is 6.48. The highest BCUT2D eigenvalue weighted by atomic mass is 16.5. The molecule has 1 heterocycles. The van der Waals surface area contributed by atoms with Crippen molar-refractivity contribution in [2.75, 3.05) is 32.1 Å². The van der Waals surface area contributed by atoms with Gasteiger partial charge >= 0.3 is 12.0 Å². The van der Waals surface area contributed by atoms with Crippen LogP contribution in [0.3, 0.4) is 0 Å². The van der Waals surface area contributed by atoms with Crippen molar-refractivity contribution in [1.29, 1.82) is 0 Å². The summed E-state index contributed by atoms with van der Waals surface area (Å²) >= 11 is 0. The highest BCUT2D eigenvalue weighted by molar-refractivity contribution is 5.95. The molecule has 0 atom stereocenters. The van der Waals surface area contributed by atoms with E-state index in [4.69, 9.17) is 9.47 Å². The molecule has 0 unspecified atom stereocenters. The van der Waals surface area contributed by atoms with E-state index in [1.54, 1.807) is 57.0 Å². The molecule has 1 saturated heterocycles. The Morgan fingerprint density at radius 2 is 1.89 bits per heavy atom. The number of nitrogens with zero attached hydrogens (tertiary/aromatic N) is 1. The van der Waals surface area contributed by atoms with Gasteiger partial charge in [-0.25, -0.2) is 4.79 Å². The molecule has 0 aromatic heterocycles. The summed E-state index contributed by atoms with van der Waals surface area (Å²) in [5.74, 6) is 0.0642. The summed E-state index contributed by atoms with van der Waals surface area (Å²) in [5.41, 5.74) is -0.518. The number of hydrogen-bond donors (Lipinski definition) is 2. The maximum atomic E-state index is 12.9. The molecule has 1 aromatic carbocycles. The van der Waals surface area contributed by atoms with E-state index in [-0.39, 0.29) is 17.8 Å². The number of amides is 3. The van der Waals surface area contributed by atoms with Gasteiger partial charge in [-0.1, -0.05) is 6.07 Å². The molecule has 0 bridgehead atoms. The molecule has 0 aliphatic carbocycles. The van der Waals surface area contributed by atoms with Crippen LogP contribution in [-0.4, -0.2) is 55.2 Å². The average molecular weight is 391 g/mol. The molecule has 28 heavy (non-hydrogen) atoms. The third-order valence-electron chi connectivity index (χ3n) is 4.69. The number of methoxy groups -OCH3 is 1. The highest BCUT2D eigenvalue weighted by Gasteiger charge is 2.36. The summed E-state index contributed by atoms with van der Waals surface area (Å²) in [6.45, 7) is 6.39. The Morgan fingerprint density at radius 3 is 2.50 bits per heavy atom. The normalized spacial score (nSPS) is 14.9. The highest BCUT2D eigenvalue weighted by Crippen LogP contribution is 2.22. The fraction of sp³-hybridized carbons (Fsp3) is 0.550. The van der Waals surface area contributed by atoms with Crippen LogP contribution in [0, 0.1) is 5.92 Å². The number of urea groups is 1. The standard InChI is InChI=1S/C20H29N3O5/c1-5-28-17(24)14-9-11-23(12-10-14)18(25)20(2,3)22-19(26)21-15-7-6-8-16(13-15)27-4/h6-8,13-14H,5,9-12H2,1-4H3,(H2,21,22,26). The van der Waals surface area contributed by atoms with E-state index in [9.17, 15) is 14.4 Å². The van der Waals surface area contributed by atoms with Crippen molar-refractivity contribution >= 4 is 23.6 Å². The van der Waals surface area contributed by atoms with Crippen LogP contribution in [0.15, 0.2) is 24.3 Å². The molecule has 1 aliphatic heterocycles. The zero-order valence-electron chi connectivity index (χ0n) is 16.9. The Kier molecular flexibility index (Phi) is 7.25. The lowest BCUT2D eigenvalue weighted by molar-refractivity contribution is -0.152. The van der Waals surface area contributed by atoms with Crippen LogP contribution in [0.25, 0.3) is 0 Å². The number of carbonyl (C=O) groups excluding carboxylic acids is 3. The van der Waals surface area contributed by atoms with Crippen molar-refractivity contribution in [3.63, 3.8) is 0 Å². The number of anilines is 1. The van der Waals surface area contributed by atoms with Gasteiger partial charge in [0, 0.05) is 24.8 Å². The molecule has 0 saturated carbocycles. The van der Waals surface area contributed by atoms with Gasteiger partial charge < -0.3 is 25.0 Å². The topological polar surface area (TPSA) is 97.0 Å². The molecule has 1 aliphatic rings. The first-order chi connectivity index (χ1) is 13.3. The third kappa shape index (κ3) is 5.61. The van der Waals surface area contributed by atoms with E-state index in [2.05, 4.69) is 10.6 Å². The first-order valence-electron chi connectivity index (χ1n) is 9.46. The molecule has 2 rings (SSSR count). The SMILES string of the molecule is CCOC(=O)C1CCN(C(=O)C(C)(C)NC(=O)Nc2cccc(OC)c2)CC1. The van der Waals surface area contributed by atoms with E-state index < -0.39 is 11.6 Å². The minimum atomic E-state index is -1.08. The van der Waals surface area contributed by atoms with Gasteiger partial charge in [-0.15, -0.1) is 0 Å². The number of rotatable bonds is 6. The van der Waals surface area contributed by atoms with E-state index in [1.807, 2.05) is 0 Å². The maximum Gasteiger partial charge on any atom is 0.320 e. The molecule has 8 heteroatoms. The Morgan fingerprint density at radius 1 is 1.21 bits per heavy atom. The largest absolute Gasteiger partial charge is 0.497 e. The average Bonchev–Trinajstić information content (AvgIpc) is 2.67. The Hall–Kier alpha value is -2.77. The number of ether oxygens (including phenoxy) is 2. The summed E-state index contributed by atoms with van der Waals surface area (Å²) in [6.07, 6.45) is 1.13. The van der Waals surface area contributed by atoms with Gasteiger partial charge in [-0.2, -0.15) is 0 Å². The zero-order valence-corrected chi connectivity index (χ0v) is 16.9. The number of nitrogens with one attached hydrogen (secondary N) is 2. The van der Waals surface area contributed by atoms with E-state index in [1.165, 1.54) is 0 Å². The Bertz CT molecular complexity index is 712. The second-order valence-electron chi connectivity index (χ2n) is 7.25. The molecule has 154 valence electrons. The molecule has 3 amide bonds. The second kappa shape index (κ2) is 9.43. The summed E-state index contributed by atoms with van der Waals surface area (Å²) in [4.78, 5) is 38.7. The van der Waals surface area contributed by atoms with Gasteiger partial charge in [-0.05, 0) is 45.7 Å². The number of piperidine rings is 1. The summed E-state index contributed by atoms with van der Waals surface area (Å²) in [7, 11) is 1.55. The monoisotopic (exact) mass is 391 g/mol. The van der Waals surface area contributed by atoms with Crippen LogP contribution in [0.1, 0.15) is 33.6 Å². The lowest BCUT2D eigenvalue weighted by Crippen LogP contribution is -2.58. The van der Waals surface area contributed by atoms with Crippen molar-refractivity contribution in [3.05, 3.63) is 24.3 Å². The molecule has 1 aromatic rings. The smallest absolute Gasteiger partial charge is 0.320 e. The van der Waals surface area contributed by atoms with Crippen LogP contribution in [-0.2, 0) is 14.3 Å². The lowest BCUT2D eigenvalue weighted by Gasteiger charge is -2.36. The van der Waals surface area contributed by atoms with Crippen LogP contribution >= 0.6 is 0 Å². The minimum absolute atomic E-state index is 0.170. The Balaban J connectivity index is 1.90. The van der Waals surface area contributed by atoms with Crippen molar-refractivity contribution < 1.29 is 23.9 Å². The maximum absolute atomic E-state index is 12.9. The first kappa shape index (κ1) is 21.5. The summed E-state index contributed by atoms with van der Waals surface area (Å²) in [5, 5.41) is 5.42. The van der Waals surface area contributed by atoms with Crippen LogP contribution in [0.5, 0.6) is 5.75 Å². The van der Waals surface area contributed by atoms with Gasteiger partial charge in [0.25, 0.3) is 0 Å². The quantitative estimate of drug-likeness (QED) is 0.726. The number of esters is 1. The van der Waals surface area contributed by atoms with Gasteiger partial charge in [0.15, 0.2) is 0 Å². The van der Waals surface area contributed by atoms with Crippen LogP contribution in [0.4, 0.5) is 10.5 Å². The molecule has 0 radical (unpaired) electrons. The second-order valence-corrected chi connectivity index (χ2v) is 7.25. The van der Waals surface area contributed by atoms with Gasteiger partial charge in [0.05, 0.1) is 19.6 Å². The van der Waals surface area contributed by atoms with Crippen LogP contribution < -0.4 is 15.4 Å². The van der Waals surface area contributed by atoms with Gasteiger partial charge in [0.2, 0.25) is 5.91 Å². The van der Waals surface area contributed by atoms with E-state index >= 15 is 0 Å². The fourth-order valence-corrected chi connectivity index (χ4v) is 3.17. The number of benzene rings is 1. The predicted octanol–water partition coefficient (Wildman–Crippen LogP) is 2.40. The van der Waals surface area contributed by atoms with Crippen molar-refractivity contribution in [2.45, 2.75) is 39.2 Å². The predicted molar refractivity (Wildman–Crippen MR) is 105 cm³/mol. The zero-order chi connectivity index (χ0) is 20.7. The number of likely N-dealkylation sites (tertiary alicyclic amines) is 1. The van der Waals surface area contributed by atoms with E-state index in [0.29, 0.717) is 44.0 Å². The minimum Gasteiger partial charge on any atom is -0.497 e. The number of hydrogen-bond acceptors (Lipinski definition) is 5. The molecule has 8 nitrogen and oxygen atoms in total. The van der Waals surface area contributed by atoms with Gasteiger partial charge in [0.1, 0.15) is 11.3 Å². The van der Waals surface area contributed by atoms with Crippen molar-refractivity contribution in [1.82, 2.24) is 10.2 Å². The molecule has 1 fully saturated rings. The molecular weight excluding hydrogens is 362 g/mol. The van der Waals surface area contributed by atoms with Crippen molar-refractivity contribution in [2.24, 2.45) is 5.92 Å². The molecule has 2 N–H and O–H groups in total. The third-order valence-corrected chi connectivity index (χ3v) is 4.69. The van der Waals surface area contributed by atoms with E-state index in [0.717, 1.165) is 0 Å². The fourth-order valence-electron chi connectivity index (χ4n) is 3.17.